The minimum atomic E-state index is 0.466. The first-order chi connectivity index (χ1) is 6.43. The second-order valence-electron chi connectivity index (χ2n) is 2.61. The molecule has 0 N–H and O–H groups in total. The fraction of sp³-hybridized carbons (Fsp3) is 0. The molecule has 74 valence electrons. The van der Waals surface area contributed by atoms with Gasteiger partial charge < -0.3 is 0 Å². The van der Waals surface area contributed by atoms with Crippen molar-refractivity contribution in [2.75, 3.05) is 0 Å². The molecule has 0 bridgehead atoms. The van der Waals surface area contributed by atoms with Crippen molar-refractivity contribution in [3.05, 3.63) is 71.3 Å². The van der Waals surface area contributed by atoms with Gasteiger partial charge in [-0.1, -0.05) is 66.0 Å². The molecule has 0 unspecified atom stereocenters. The topological polar surface area (TPSA) is 0 Å². The SMILES string of the molecule is C=C(Cl)/C=C\C(=C)C(=C)/C=C\C(=C)Br. The minimum Gasteiger partial charge on any atom is -0.0912 e. The van der Waals surface area contributed by atoms with Crippen molar-refractivity contribution in [1.82, 2.24) is 0 Å². The standard InChI is InChI=1S/C12H12BrCl/c1-9(5-7-11(3)13)10(2)6-8-12(4)14/h5-8H,1-4H2/b7-5-,8-6-. The lowest BCUT2D eigenvalue weighted by Gasteiger charge is -1.97. The van der Waals surface area contributed by atoms with Gasteiger partial charge in [0.15, 0.2) is 0 Å². The molecule has 0 nitrogen and oxygen atoms in total. The third-order valence-electron chi connectivity index (χ3n) is 1.34. The Bertz CT molecular complexity index is 298. The zero-order chi connectivity index (χ0) is 11.1. The molecule has 0 aliphatic heterocycles. The first-order valence-electron chi connectivity index (χ1n) is 3.86. The molecule has 0 aliphatic carbocycles. The number of hydrogen-bond acceptors (Lipinski definition) is 0. The van der Waals surface area contributed by atoms with E-state index in [1.54, 1.807) is 18.2 Å². The third kappa shape index (κ3) is 6.70. The van der Waals surface area contributed by atoms with Crippen molar-refractivity contribution in [1.29, 1.82) is 0 Å². The summed E-state index contributed by atoms with van der Waals surface area (Å²) in [7, 11) is 0. The highest BCUT2D eigenvalue weighted by Gasteiger charge is 1.91. The molecule has 0 amide bonds. The number of halogens is 2. The lowest BCUT2D eigenvalue weighted by Crippen LogP contribution is -1.77. The average Bonchev–Trinajstić information content (AvgIpc) is 2.09. The van der Waals surface area contributed by atoms with Crippen molar-refractivity contribution in [3.8, 4) is 0 Å². The quantitative estimate of drug-likeness (QED) is 0.626. The molecule has 0 aromatic rings. The van der Waals surface area contributed by atoms with E-state index in [1.165, 1.54) is 0 Å². The highest BCUT2D eigenvalue weighted by Crippen LogP contribution is 2.12. The molecule has 0 atom stereocenters. The van der Waals surface area contributed by atoms with Crippen LogP contribution in [-0.4, -0.2) is 0 Å². The van der Waals surface area contributed by atoms with Gasteiger partial charge in [-0.25, -0.2) is 0 Å². The molecule has 0 aromatic heterocycles. The van der Waals surface area contributed by atoms with Crippen LogP contribution in [0.15, 0.2) is 71.3 Å². The van der Waals surface area contributed by atoms with E-state index >= 15 is 0 Å². The molecule has 0 spiro atoms. The lowest BCUT2D eigenvalue weighted by atomic mass is 10.1. The van der Waals surface area contributed by atoms with Crippen molar-refractivity contribution in [2.24, 2.45) is 0 Å². The Labute approximate surface area is 98.8 Å². The van der Waals surface area contributed by atoms with E-state index in [2.05, 4.69) is 42.2 Å². The fourth-order valence-electron chi connectivity index (χ4n) is 0.596. The van der Waals surface area contributed by atoms with Gasteiger partial charge in [0.2, 0.25) is 0 Å². The Morgan fingerprint density at radius 1 is 0.857 bits per heavy atom. The number of hydrogen-bond donors (Lipinski definition) is 0. The first-order valence-corrected chi connectivity index (χ1v) is 5.03. The van der Waals surface area contributed by atoms with Crippen LogP contribution in [0.4, 0.5) is 0 Å². The molecule has 0 aromatic carbocycles. The molecule has 0 radical (unpaired) electrons. The van der Waals surface area contributed by atoms with E-state index in [4.69, 9.17) is 11.6 Å². The first kappa shape index (κ1) is 13.2. The fourth-order valence-corrected chi connectivity index (χ4v) is 0.791. The maximum absolute atomic E-state index is 5.56. The largest absolute Gasteiger partial charge is 0.0912 e. The maximum Gasteiger partial charge on any atom is 0.0334 e. The van der Waals surface area contributed by atoms with Crippen LogP contribution in [0.2, 0.25) is 0 Å². The zero-order valence-electron chi connectivity index (χ0n) is 7.89. The van der Waals surface area contributed by atoms with Gasteiger partial charge in [-0.2, -0.15) is 0 Å². The molecule has 0 rings (SSSR count). The Morgan fingerprint density at radius 2 is 1.29 bits per heavy atom. The Morgan fingerprint density at radius 3 is 1.64 bits per heavy atom. The van der Waals surface area contributed by atoms with Crippen LogP contribution >= 0.6 is 27.5 Å². The van der Waals surface area contributed by atoms with E-state index in [0.717, 1.165) is 15.6 Å². The molecular formula is C12H12BrCl. The van der Waals surface area contributed by atoms with Gasteiger partial charge in [-0.05, 0) is 23.3 Å². The van der Waals surface area contributed by atoms with Crippen LogP contribution in [0.1, 0.15) is 0 Å². The van der Waals surface area contributed by atoms with Crippen LogP contribution in [0.5, 0.6) is 0 Å². The summed E-state index contributed by atoms with van der Waals surface area (Å²) in [6.07, 6.45) is 7.06. The highest BCUT2D eigenvalue weighted by atomic mass is 79.9. The minimum absolute atomic E-state index is 0.466. The summed E-state index contributed by atoms with van der Waals surface area (Å²) in [5.41, 5.74) is 1.59. The summed E-state index contributed by atoms with van der Waals surface area (Å²) in [6, 6.07) is 0. The molecular weight excluding hydrogens is 259 g/mol. The highest BCUT2D eigenvalue weighted by molar-refractivity contribution is 9.11. The smallest absolute Gasteiger partial charge is 0.0334 e. The van der Waals surface area contributed by atoms with Crippen LogP contribution < -0.4 is 0 Å². The second-order valence-corrected chi connectivity index (χ2v) is 4.11. The van der Waals surface area contributed by atoms with E-state index in [9.17, 15) is 0 Å². The predicted octanol–water partition coefficient (Wildman–Crippen LogP) is 4.87. The van der Waals surface area contributed by atoms with Crippen LogP contribution in [0.25, 0.3) is 0 Å². The molecule has 0 aliphatic rings. The zero-order valence-corrected chi connectivity index (χ0v) is 10.2. The van der Waals surface area contributed by atoms with E-state index in [1.807, 2.05) is 6.08 Å². The monoisotopic (exact) mass is 270 g/mol. The Hall–Kier alpha value is -0.790. The number of rotatable bonds is 5. The van der Waals surface area contributed by atoms with Crippen molar-refractivity contribution >= 4 is 27.5 Å². The summed E-state index contributed by atoms with van der Waals surface area (Å²) in [5.74, 6) is 0. The molecule has 2 heteroatoms. The van der Waals surface area contributed by atoms with Gasteiger partial charge in [0.05, 0.1) is 0 Å². The van der Waals surface area contributed by atoms with Gasteiger partial charge in [0.1, 0.15) is 0 Å². The average molecular weight is 272 g/mol. The summed E-state index contributed by atoms with van der Waals surface area (Å²) in [5, 5.41) is 0.466. The normalized spacial score (nSPS) is 10.7. The summed E-state index contributed by atoms with van der Waals surface area (Å²) >= 11 is 8.77. The van der Waals surface area contributed by atoms with Crippen molar-refractivity contribution in [2.45, 2.75) is 0 Å². The van der Waals surface area contributed by atoms with E-state index < -0.39 is 0 Å². The van der Waals surface area contributed by atoms with E-state index in [-0.39, 0.29) is 0 Å². The van der Waals surface area contributed by atoms with Crippen molar-refractivity contribution in [3.63, 3.8) is 0 Å². The molecule has 0 saturated heterocycles. The molecule has 14 heavy (non-hydrogen) atoms. The molecule has 0 heterocycles. The predicted molar refractivity (Wildman–Crippen MR) is 69.6 cm³/mol. The third-order valence-corrected chi connectivity index (χ3v) is 1.73. The van der Waals surface area contributed by atoms with Crippen LogP contribution in [0, 0.1) is 0 Å². The van der Waals surface area contributed by atoms with Gasteiger partial charge in [-0.15, -0.1) is 0 Å². The maximum atomic E-state index is 5.56. The molecule has 0 saturated carbocycles. The van der Waals surface area contributed by atoms with Gasteiger partial charge in [-0.3, -0.25) is 0 Å². The Balaban J connectivity index is 4.35. The second kappa shape index (κ2) is 6.63. The summed E-state index contributed by atoms with van der Waals surface area (Å²) < 4.78 is 0.789. The van der Waals surface area contributed by atoms with Gasteiger partial charge in [0.25, 0.3) is 0 Å². The van der Waals surface area contributed by atoms with Crippen LogP contribution in [0.3, 0.4) is 0 Å². The summed E-state index contributed by atoms with van der Waals surface area (Å²) in [4.78, 5) is 0. The summed E-state index contributed by atoms with van der Waals surface area (Å²) in [6.45, 7) is 14.8. The lowest BCUT2D eigenvalue weighted by molar-refractivity contribution is 1.59. The molecule has 0 fully saturated rings. The Kier molecular flexibility index (Phi) is 6.26. The van der Waals surface area contributed by atoms with Crippen molar-refractivity contribution < 1.29 is 0 Å². The van der Waals surface area contributed by atoms with E-state index in [0.29, 0.717) is 5.03 Å². The van der Waals surface area contributed by atoms with Gasteiger partial charge >= 0.3 is 0 Å². The van der Waals surface area contributed by atoms with Gasteiger partial charge in [0, 0.05) is 9.51 Å². The number of allylic oxidation sites excluding steroid dienone is 8. The van der Waals surface area contributed by atoms with Crippen LogP contribution in [-0.2, 0) is 0 Å².